The number of aromatic nitrogens is 2. The van der Waals surface area contributed by atoms with E-state index < -0.39 is 6.04 Å². The normalized spacial score (nSPS) is 11.5. The molecule has 2 amide bonds. The predicted octanol–water partition coefficient (Wildman–Crippen LogP) is 4.38. The van der Waals surface area contributed by atoms with Crippen molar-refractivity contribution in [2.24, 2.45) is 0 Å². The van der Waals surface area contributed by atoms with Crippen LogP contribution in [0.4, 0.5) is 5.69 Å². The molecule has 8 heteroatoms. The zero-order chi connectivity index (χ0) is 23.9. The third-order valence-electron chi connectivity index (χ3n) is 5.10. The Morgan fingerprint density at radius 3 is 2.38 bits per heavy atom. The van der Waals surface area contributed by atoms with Gasteiger partial charge in [-0.25, -0.2) is 0 Å². The van der Waals surface area contributed by atoms with Gasteiger partial charge in [-0.2, -0.15) is 0 Å². The molecule has 172 valence electrons. The predicted molar refractivity (Wildman–Crippen MR) is 127 cm³/mol. The van der Waals surface area contributed by atoms with E-state index in [1.807, 2.05) is 37.3 Å². The number of nitrogens with one attached hydrogen (secondary N) is 2. The molecule has 4 rings (SSSR count). The molecule has 34 heavy (non-hydrogen) atoms. The first-order valence-corrected chi connectivity index (χ1v) is 10.8. The second-order valence-corrected chi connectivity index (χ2v) is 7.68. The first kappa shape index (κ1) is 22.7. The van der Waals surface area contributed by atoms with Crippen LogP contribution in [-0.4, -0.2) is 28.1 Å². The van der Waals surface area contributed by atoms with Crippen LogP contribution < -0.4 is 15.4 Å². The Morgan fingerprint density at radius 2 is 1.65 bits per heavy atom. The van der Waals surface area contributed by atoms with E-state index in [0.717, 1.165) is 11.1 Å². The van der Waals surface area contributed by atoms with Crippen molar-refractivity contribution in [3.63, 3.8) is 0 Å². The molecule has 1 heterocycles. The van der Waals surface area contributed by atoms with Crippen LogP contribution in [0.2, 0.25) is 0 Å². The molecule has 0 bridgehead atoms. The fourth-order valence-electron chi connectivity index (χ4n) is 3.20. The summed E-state index contributed by atoms with van der Waals surface area (Å²) in [7, 11) is 0. The lowest BCUT2D eigenvalue weighted by Crippen LogP contribution is -2.41. The second kappa shape index (κ2) is 10.4. The van der Waals surface area contributed by atoms with Gasteiger partial charge in [0.25, 0.3) is 11.8 Å². The molecule has 0 aliphatic carbocycles. The number of ether oxygens (including phenoxy) is 1. The third kappa shape index (κ3) is 5.66. The summed E-state index contributed by atoms with van der Waals surface area (Å²) < 4.78 is 11.4. The summed E-state index contributed by atoms with van der Waals surface area (Å²) in [5, 5.41) is 13.6. The van der Waals surface area contributed by atoms with Gasteiger partial charge in [-0.05, 0) is 61.9 Å². The highest BCUT2D eigenvalue weighted by atomic mass is 16.5. The summed E-state index contributed by atoms with van der Waals surface area (Å²) >= 11 is 0. The van der Waals surface area contributed by atoms with Gasteiger partial charge >= 0.3 is 0 Å². The number of carbonyl (C=O) groups excluding carboxylic acids is 2. The molecular formula is C26H24N4O4. The number of carbonyl (C=O) groups is 2. The van der Waals surface area contributed by atoms with E-state index in [2.05, 4.69) is 20.8 Å². The maximum Gasteiger partial charge on any atom is 0.254 e. The molecule has 0 radical (unpaired) electrons. The minimum Gasteiger partial charge on any atom is -0.484 e. The van der Waals surface area contributed by atoms with E-state index >= 15 is 0 Å². The molecule has 0 unspecified atom stereocenters. The molecular weight excluding hydrogens is 432 g/mol. The summed E-state index contributed by atoms with van der Waals surface area (Å²) in [5.41, 5.74) is 3.01. The molecule has 4 aromatic rings. The monoisotopic (exact) mass is 456 g/mol. The lowest BCUT2D eigenvalue weighted by Gasteiger charge is -2.14. The molecule has 0 aliphatic heterocycles. The van der Waals surface area contributed by atoms with Crippen LogP contribution in [0.1, 0.15) is 28.7 Å². The Hall–Kier alpha value is -4.46. The summed E-state index contributed by atoms with van der Waals surface area (Å²) in [6, 6.07) is 22.7. The van der Waals surface area contributed by atoms with Gasteiger partial charge in [0.2, 0.25) is 11.8 Å². The lowest BCUT2D eigenvalue weighted by molar-refractivity contribution is -0.117. The maximum atomic E-state index is 12.4. The molecule has 1 aromatic heterocycles. The van der Waals surface area contributed by atoms with Gasteiger partial charge in [-0.15, -0.1) is 10.2 Å². The SMILES string of the molecule is Cc1ccccc1-c1nnc(COc2ccc(NC(=O)[C@@H](C)NC(=O)c3ccccc3)cc2)o1. The maximum absolute atomic E-state index is 12.4. The smallest absolute Gasteiger partial charge is 0.254 e. The van der Waals surface area contributed by atoms with Gasteiger partial charge in [0.05, 0.1) is 0 Å². The van der Waals surface area contributed by atoms with Crippen molar-refractivity contribution in [3.8, 4) is 17.2 Å². The molecule has 8 nitrogen and oxygen atoms in total. The second-order valence-electron chi connectivity index (χ2n) is 7.68. The van der Waals surface area contributed by atoms with E-state index in [1.165, 1.54) is 0 Å². The van der Waals surface area contributed by atoms with E-state index in [4.69, 9.17) is 9.15 Å². The Bertz CT molecular complexity index is 1270. The molecule has 0 saturated carbocycles. The molecule has 2 N–H and O–H groups in total. The summed E-state index contributed by atoms with van der Waals surface area (Å²) in [6.07, 6.45) is 0. The van der Waals surface area contributed by atoms with Gasteiger partial charge in [0, 0.05) is 16.8 Å². The van der Waals surface area contributed by atoms with E-state index in [-0.39, 0.29) is 18.4 Å². The van der Waals surface area contributed by atoms with Crippen LogP contribution in [0.25, 0.3) is 11.5 Å². The van der Waals surface area contributed by atoms with Crippen molar-refractivity contribution in [1.82, 2.24) is 15.5 Å². The highest BCUT2D eigenvalue weighted by molar-refractivity contribution is 6.00. The van der Waals surface area contributed by atoms with Crippen LogP contribution >= 0.6 is 0 Å². The Morgan fingerprint density at radius 1 is 0.941 bits per heavy atom. The highest BCUT2D eigenvalue weighted by Gasteiger charge is 2.17. The van der Waals surface area contributed by atoms with Crippen molar-refractivity contribution in [1.29, 1.82) is 0 Å². The number of benzene rings is 3. The van der Waals surface area contributed by atoms with Crippen LogP contribution in [0.5, 0.6) is 5.75 Å². The summed E-state index contributed by atoms with van der Waals surface area (Å²) in [5.74, 6) is 0.757. The van der Waals surface area contributed by atoms with Crippen LogP contribution in [0.15, 0.2) is 83.3 Å². The van der Waals surface area contributed by atoms with Gasteiger partial charge in [0.1, 0.15) is 11.8 Å². The van der Waals surface area contributed by atoms with Crippen molar-refractivity contribution in [2.75, 3.05) is 5.32 Å². The molecule has 0 fully saturated rings. The Kier molecular flexibility index (Phi) is 6.98. The minimum atomic E-state index is -0.705. The quantitative estimate of drug-likeness (QED) is 0.408. The molecule has 3 aromatic carbocycles. The number of rotatable bonds is 8. The molecule has 1 atom stereocenters. The fraction of sp³-hybridized carbons (Fsp3) is 0.154. The Balaban J connectivity index is 1.28. The van der Waals surface area contributed by atoms with Crippen molar-refractivity contribution in [3.05, 3.63) is 95.9 Å². The number of hydrogen-bond acceptors (Lipinski definition) is 6. The highest BCUT2D eigenvalue weighted by Crippen LogP contribution is 2.22. The van der Waals surface area contributed by atoms with Crippen LogP contribution in [-0.2, 0) is 11.4 Å². The molecule has 0 spiro atoms. The van der Waals surface area contributed by atoms with Gasteiger partial charge in [0.15, 0.2) is 6.61 Å². The summed E-state index contributed by atoms with van der Waals surface area (Å²) in [4.78, 5) is 24.7. The average molecular weight is 457 g/mol. The fourth-order valence-corrected chi connectivity index (χ4v) is 3.20. The number of nitrogens with zero attached hydrogens (tertiary/aromatic N) is 2. The third-order valence-corrected chi connectivity index (χ3v) is 5.10. The van der Waals surface area contributed by atoms with Crippen molar-refractivity contribution >= 4 is 17.5 Å². The van der Waals surface area contributed by atoms with E-state index in [1.54, 1.807) is 55.5 Å². The molecule has 0 saturated heterocycles. The zero-order valence-corrected chi connectivity index (χ0v) is 18.8. The van der Waals surface area contributed by atoms with E-state index in [9.17, 15) is 9.59 Å². The molecule has 0 aliphatic rings. The number of amides is 2. The average Bonchev–Trinajstić information content (AvgIpc) is 3.33. The number of hydrogen-bond donors (Lipinski definition) is 2. The minimum absolute atomic E-state index is 0.118. The van der Waals surface area contributed by atoms with Gasteiger partial charge in [-0.1, -0.05) is 36.4 Å². The number of aryl methyl sites for hydroxylation is 1. The zero-order valence-electron chi connectivity index (χ0n) is 18.8. The largest absolute Gasteiger partial charge is 0.484 e. The van der Waals surface area contributed by atoms with Gasteiger partial charge < -0.3 is 19.8 Å². The topological polar surface area (TPSA) is 106 Å². The first-order chi connectivity index (χ1) is 16.5. The first-order valence-electron chi connectivity index (χ1n) is 10.8. The standard InChI is InChI=1S/C26H24N4O4/c1-17-8-6-7-11-22(17)26-30-29-23(34-26)16-33-21-14-12-20(13-15-21)28-24(31)18(2)27-25(32)19-9-4-3-5-10-19/h3-15,18H,16H2,1-2H3,(H,27,32)(H,28,31)/t18-/m1/s1. The van der Waals surface area contributed by atoms with Gasteiger partial charge in [-0.3, -0.25) is 9.59 Å². The van der Waals surface area contributed by atoms with Crippen LogP contribution in [0, 0.1) is 6.92 Å². The van der Waals surface area contributed by atoms with Crippen molar-refractivity contribution in [2.45, 2.75) is 26.5 Å². The van der Waals surface area contributed by atoms with Crippen molar-refractivity contribution < 1.29 is 18.7 Å². The Labute approximate surface area is 197 Å². The lowest BCUT2D eigenvalue weighted by atomic mass is 10.1. The number of anilines is 1. The van der Waals surface area contributed by atoms with E-state index in [0.29, 0.717) is 28.8 Å². The van der Waals surface area contributed by atoms with Crippen LogP contribution in [0.3, 0.4) is 0 Å². The summed E-state index contributed by atoms with van der Waals surface area (Å²) in [6.45, 7) is 3.73.